The molecule has 0 unspecified atom stereocenters. The summed E-state index contributed by atoms with van der Waals surface area (Å²) in [7, 11) is -4.45. The topological polar surface area (TPSA) is 106 Å². The molecule has 2 aromatic carbocycles. The standard InChI is InChI=1S/C16H10Br2F2N2O4S/c17-8-1-7(2-9(18)3-8)16-15(13(6-23)26-22-16)10-4-12(20)14(5-11(10)19)27(21,24)25/h1-5,23H,6H2,(H2,21,24,25). The van der Waals surface area contributed by atoms with E-state index in [9.17, 15) is 22.3 Å². The average molecular weight is 524 g/mol. The van der Waals surface area contributed by atoms with Gasteiger partial charge >= 0.3 is 0 Å². The van der Waals surface area contributed by atoms with Gasteiger partial charge < -0.3 is 9.63 Å². The zero-order chi connectivity index (χ0) is 19.9. The van der Waals surface area contributed by atoms with Gasteiger partial charge in [0.1, 0.15) is 28.8 Å². The number of rotatable bonds is 4. The Morgan fingerprint density at radius 3 is 2.26 bits per heavy atom. The Morgan fingerprint density at radius 2 is 1.70 bits per heavy atom. The molecule has 1 aromatic heterocycles. The third kappa shape index (κ3) is 3.97. The van der Waals surface area contributed by atoms with Crippen LogP contribution in [-0.2, 0) is 16.6 Å². The van der Waals surface area contributed by atoms with Crippen molar-refractivity contribution in [3.05, 3.63) is 56.7 Å². The second kappa shape index (κ2) is 7.40. The summed E-state index contributed by atoms with van der Waals surface area (Å²) in [5.74, 6) is -2.41. The maximum atomic E-state index is 14.6. The number of nitrogens with zero attached hydrogens (tertiary/aromatic N) is 1. The van der Waals surface area contributed by atoms with Crippen LogP contribution >= 0.6 is 31.9 Å². The molecule has 0 spiro atoms. The first-order valence-electron chi connectivity index (χ1n) is 7.20. The van der Waals surface area contributed by atoms with Crippen molar-refractivity contribution < 1.29 is 26.8 Å². The number of aromatic nitrogens is 1. The molecule has 0 atom stereocenters. The number of primary sulfonamides is 1. The van der Waals surface area contributed by atoms with Crippen LogP contribution in [0.5, 0.6) is 0 Å². The Hall–Kier alpha value is -1.66. The van der Waals surface area contributed by atoms with Crippen molar-refractivity contribution in [2.75, 3.05) is 0 Å². The minimum absolute atomic E-state index is 0.000121. The largest absolute Gasteiger partial charge is 0.388 e. The van der Waals surface area contributed by atoms with Crippen molar-refractivity contribution in [2.45, 2.75) is 11.5 Å². The molecule has 0 radical (unpaired) electrons. The van der Waals surface area contributed by atoms with Crippen molar-refractivity contribution >= 4 is 41.9 Å². The molecule has 3 rings (SSSR count). The number of benzene rings is 2. The smallest absolute Gasteiger partial charge is 0.241 e. The van der Waals surface area contributed by atoms with Crippen LogP contribution in [0, 0.1) is 11.6 Å². The summed E-state index contributed by atoms with van der Waals surface area (Å²) in [4.78, 5) is -0.975. The van der Waals surface area contributed by atoms with E-state index in [1.165, 1.54) is 0 Å². The van der Waals surface area contributed by atoms with E-state index in [1.807, 2.05) is 0 Å². The van der Waals surface area contributed by atoms with Gasteiger partial charge in [-0.25, -0.2) is 22.3 Å². The third-order valence-corrected chi connectivity index (χ3v) is 5.48. The molecule has 0 bridgehead atoms. The zero-order valence-corrected chi connectivity index (χ0v) is 17.2. The summed E-state index contributed by atoms with van der Waals surface area (Å²) in [5, 5.41) is 18.2. The highest BCUT2D eigenvalue weighted by atomic mass is 79.9. The molecule has 0 saturated carbocycles. The maximum Gasteiger partial charge on any atom is 0.241 e. The normalized spacial score (nSPS) is 11.8. The van der Waals surface area contributed by atoms with Gasteiger partial charge in [-0.2, -0.15) is 0 Å². The van der Waals surface area contributed by atoms with E-state index in [0.717, 1.165) is 0 Å². The Balaban J connectivity index is 2.29. The predicted octanol–water partition coefficient (Wildman–Crippen LogP) is 3.95. The second-order valence-corrected chi connectivity index (χ2v) is 8.81. The molecule has 3 N–H and O–H groups in total. The number of hydrogen-bond donors (Lipinski definition) is 2. The highest BCUT2D eigenvalue weighted by Crippen LogP contribution is 2.39. The lowest BCUT2D eigenvalue weighted by atomic mass is 9.98. The van der Waals surface area contributed by atoms with Gasteiger partial charge in [0.05, 0.1) is 5.56 Å². The Morgan fingerprint density at radius 1 is 1.07 bits per heavy atom. The summed E-state index contributed by atoms with van der Waals surface area (Å²) in [6, 6.07) is 6.25. The fourth-order valence-corrected chi connectivity index (χ4v) is 4.43. The van der Waals surface area contributed by atoms with Gasteiger partial charge in [-0.05, 0) is 30.3 Å². The number of halogens is 4. The van der Waals surface area contributed by atoms with Crippen molar-refractivity contribution in [1.29, 1.82) is 0 Å². The van der Waals surface area contributed by atoms with Gasteiger partial charge in [0, 0.05) is 20.1 Å². The van der Waals surface area contributed by atoms with E-state index in [-0.39, 0.29) is 22.6 Å². The molecule has 0 aliphatic rings. The van der Waals surface area contributed by atoms with E-state index in [0.29, 0.717) is 26.6 Å². The van der Waals surface area contributed by atoms with Gasteiger partial charge in [0.2, 0.25) is 10.0 Å². The predicted molar refractivity (Wildman–Crippen MR) is 100.0 cm³/mol. The molecule has 6 nitrogen and oxygen atoms in total. The first-order chi connectivity index (χ1) is 12.6. The molecule has 0 aliphatic carbocycles. The monoisotopic (exact) mass is 522 g/mol. The zero-order valence-electron chi connectivity index (χ0n) is 13.2. The lowest BCUT2D eigenvalue weighted by Crippen LogP contribution is -2.14. The molecule has 1 heterocycles. The fourth-order valence-electron chi connectivity index (χ4n) is 2.54. The van der Waals surface area contributed by atoms with Crippen LogP contribution in [0.2, 0.25) is 0 Å². The van der Waals surface area contributed by atoms with Crippen LogP contribution in [0.1, 0.15) is 5.76 Å². The summed E-state index contributed by atoms with van der Waals surface area (Å²) < 4.78 is 58.1. The van der Waals surface area contributed by atoms with Crippen molar-refractivity contribution in [3.8, 4) is 22.4 Å². The first-order valence-corrected chi connectivity index (χ1v) is 10.3. The Bertz CT molecular complexity index is 1130. The minimum atomic E-state index is -4.45. The molecule has 0 fully saturated rings. The van der Waals surface area contributed by atoms with Crippen molar-refractivity contribution in [1.82, 2.24) is 5.16 Å². The first kappa shape index (κ1) is 20.1. The van der Waals surface area contributed by atoms with Crippen LogP contribution in [-0.4, -0.2) is 18.7 Å². The van der Waals surface area contributed by atoms with Gasteiger partial charge in [0.15, 0.2) is 5.76 Å². The van der Waals surface area contributed by atoms with Crippen LogP contribution in [0.25, 0.3) is 22.4 Å². The van der Waals surface area contributed by atoms with E-state index in [2.05, 4.69) is 37.0 Å². The van der Waals surface area contributed by atoms with Gasteiger partial charge in [-0.3, -0.25) is 0 Å². The fraction of sp³-hybridized carbons (Fsp3) is 0.0625. The SMILES string of the molecule is NS(=O)(=O)c1cc(F)c(-c2c(-c3cc(Br)cc(Br)c3)noc2CO)cc1F. The molecule has 27 heavy (non-hydrogen) atoms. The summed E-state index contributed by atoms with van der Waals surface area (Å²) in [6.45, 7) is -0.629. The van der Waals surface area contributed by atoms with E-state index >= 15 is 0 Å². The lowest BCUT2D eigenvalue weighted by Gasteiger charge is -2.09. The van der Waals surface area contributed by atoms with Gasteiger partial charge in [0.25, 0.3) is 0 Å². The Labute approximate surface area is 169 Å². The van der Waals surface area contributed by atoms with Crippen molar-refractivity contribution in [2.24, 2.45) is 5.14 Å². The van der Waals surface area contributed by atoms with E-state index in [1.54, 1.807) is 18.2 Å². The number of aliphatic hydroxyl groups is 1. The molecule has 0 aliphatic heterocycles. The minimum Gasteiger partial charge on any atom is -0.388 e. The maximum absolute atomic E-state index is 14.6. The highest BCUT2D eigenvalue weighted by molar-refractivity contribution is 9.11. The summed E-state index contributed by atoms with van der Waals surface area (Å²) in [5.41, 5.74) is 0.309. The number of nitrogens with two attached hydrogens (primary N) is 1. The molecule has 142 valence electrons. The van der Waals surface area contributed by atoms with Crippen LogP contribution < -0.4 is 5.14 Å². The summed E-state index contributed by atoms with van der Waals surface area (Å²) in [6.07, 6.45) is 0. The molecule has 0 saturated heterocycles. The quantitative estimate of drug-likeness (QED) is 0.538. The van der Waals surface area contributed by atoms with Crippen molar-refractivity contribution in [3.63, 3.8) is 0 Å². The number of sulfonamides is 1. The number of aliphatic hydroxyl groups excluding tert-OH is 1. The second-order valence-electron chi connectivity index (χ2n) is 5.45. The number of hydrogen-bond acceptors (Lipinski definition) is 5. The average Bonchev–Trinajstić information content (AvgIpc) is 2.98. The van der Waals surface area contributed by atoms with Gasteiger partial charge in [-0.1, -0.05) is 37.0 Å². The molecule has 11 heteroatoms. The Kier molecular flexibility index (Phi) is 5.50. The van der Waals surface area contributed by atoms with Crippen LogP contribution in [0.4, 0.5) is 8.78 Å². The lowest BCUT2D eigenvalue weighted by molar-refractivity contribution is 0.230. The van der Waals surface area contributed by atoms with Crippen LogP contribution in [0.3, 0.4) is 0 Å². The molecular formula is C16H10Br2F2N2O4S. The molecular weight excluding hydrogens is 514 g/mol. The molecule has 3 aromatic rings. The highest BCUT2D eigenvalue weighted by Gasteiger charge is 2.25. The van der Waals surface area contributed by atoms with Crippen LogP contribution in [0.15, 0.2) is 48.7 Å². The van der Waals surface area contributed by atoms with E-state index in [4.69, 9.17) is 9.66 Å². The van der Waals surface area contributed by atoms with Gasteiger partial charge in [-0.15, -0.1) is 0 Å². The summed E-state index contributed by atoms with van der Waals surface area (Å²) >= 11 is 6.64. The third-order valence-electron chi connectivity index (χ3n) is 3.64. The molecule has 0 amide bonds. The van der Waals surface area contributed by atoms with E-state index < -0.39 is 33.2 Å².